The van der Waals surface area contributed by atoms with Crippen molar-refractivity contribution in [2.24, 2.45) is 0 Å². The highest BCUT2D eigenvalue weighted by Gasteiger charge is 2.16. The summed E-state index contributed by atoms with van der Waals surface area (Å²) in [5.41, 5.74) is 2.65. The SMILES string of the molecule is C[C@@H](Oc1ccccc1F)C(=O)NCc1ccnc(-c2ccncc2)c1. The van der Waals surface area contributed by atoms with Crippen molar-refractivity contribution in [1.82, 2.24) is 15.3 Å². The fourth-order valence-corrected chi connectivity index (χ4v) is 2.38. The lowest BCUT2D eigenvalue weighted by Crippen LogP contribution is -2.36. The molecule has 0 aliphatic rings. The van der Waals surface area contributed by atoms with Crippen molar-refractivity contribution in [2.45, 2.75) is 19.6 Å². The fourth-order valence-electron chi connectivity index (χ4n) is 2.38. The first-order chi connectivity index (χ1) is 12.6. The van der Waals surface area contributed by atoms with Crippen molar-refractivity contribution < 1.29 is 13.9 Å². The Morgan fingerprint density at radius 1 is 1.15 bits per heavy atom. The molecule has 0 bridgehead atoms. The standard InChI is InChI=1S/C20H18FN3O2/c1-14(26-19-5-3-2-4-17(19)21)20(25)24-13-15-6-11-23-18(12-15)16-7-9-22-10-8-16/h2-12,14H,13H2,1H3,(H,24,25)/t14-/m1/s1. The molecule has 6 heteroatoms. The van der Waals surface area contributed by atoms with Crippen LogP contribution in [0.3, 0.4) is 0 Å². The molecule has 0 radical (unpaired) electrons. The Kier molecular flexibility index (Phi) is 5.53. The van der Waals surface area contributed by atoms with Gasteiger partial charge in [0.25, 0.3) is 5.91 Å². The second-order valence-corrected chi connectivity index (χ2v) is 5.69. The van der Waals surface area contributed by atoms with Crippen molar-refractivity contribution in [3.63, 3.8) is 0 Å². The van der Waals surface area contributed by atoms with Crippen LogP contribution in [0.1, 0.15) is 12.5 Å². The fraction of sp³-hybridized carbons (Fsp3) is 0.150. The van der Waals surface area contributed by atoms with Gasteiger partial charge in [0, 0.05) is 30.7 Å². The first-order valence-corrected chi connectivity index (χ1v) is 8.17. The minimum Gasteiger partial charge on any atom is -0.478 e. The van der Waals surface area contributed by atoms with Gasteiger partial charge in [-0.3, -0.25) is 14.8 Å². The molecule has 0 spiro atoms. The minimum absolute atomic E-state index is 0.0547. The van der Waals surface area contributed by atoms with Crippen LogP contribution in [0.4, 0.5) is 4.39 Å². The Morgan fingerprint density at radius 2 is 1.92 bits per heavy atom. The molecule has 26 heavy (non-hydrogen) atoms. The lowest BCUT2D eigenvalue weighted by atomic mass is 10.1. The van der Waals surface area contributed by atoms with Crippen LogP contribution >= 0.6 is 0 Å². The maximum atomic E-state index is 13.6. The van der Waals surface area contributed by atoms with Crippen LogP contribution in [0.25, 0.3) is 11.3 Å². The summed E-state index contributed by atoms with van der Waals surface area (Å²) in [5, 5.41) is 2.79. The number of para-hydroxylation sites is 1. The number of aromatic nitrogens is 2. The summed E-state index contributed by atoms with van der Waals surface area (Å²) in [7, 11) is 0. The number of carbonyl (C=O) groups excluding carboxylic acids is 1. The lowest BCUT2D eigenvalue weighted by Gasteiger charge is -2.15. The summed E-state index contributed by atoms with van der Waals surface area (Å²) in [5.74, 6) is -0.766. The van der Waals surface area contributed by atoms with Crippen LogP contribution in [0.2, 0.25) is 0 Å². The van der Waals surface area contributed by atoms with E-state index >= 15 is 0 Å². The third-order valence-corrected chi connectivity index (χ3v) is 3.78. The number of nitrogens with zero attached hydrogens (tertiary/aromatic N) is 2. The Morgan fingerprint density at radius 3 is 2.69 bits per heavy atom. The number of hydrogen-bond donors (Lipinski definition) is 1. The molecular weight excluding hydrogens is 333 g/mol. The smallest absolute Gasteiger partial charge is 0.261 e. The first-order valence-electron chi connectivity index (χ1n) is 8.17. The Balaban J connectivity index is 1.60. The van der Waals surface area contributed by atoms with Crippen LogP contribution in [0, 0.1) is 5.82 Å². The van der Waals surface area contributed by atoms with Crippen LogP contribution in [0.5, 0.6) is 5.75 Å². The lowest BCUT2D eigenvalue weighted by molar-refractivity contribution is -0.127. The zero-order valence-electron chi connectivity index (χ0n) is 14.2. The summed E-state index contributed by atoms with van der Waals surface area (Å²) in [6.07, 6.45) is 4.28. The van der Waals surface area contributed by atoms with E-state index in [0.717, 1.165) is 16.8 Å². The molecule has 0 saturated carbocycles. The van der Waals surface area contributed by atoms with Crippen LogP contribution in [-0.4, -0.2) is 22.0 Å². The van der Waals surface area contributed by atoms with Gasteiger partial charge in [0.05, 0.1) is 5.69 Å². The van der Waals surface area contributed by atoms with Gasteiger partial charge in [0.15, 0.2) is 17.7 Å². The van der Waals surface area contributed by atoms with Crippen molar-refractivity contribution in [3.8, 4) is 17.0 Å². The average molecular weight is 351 g/mol. The molecule has 0 fully saturated rings. The van der Waals surface area contributed by atoms with Crippen molar-refractivity contribution in [1.29, 1.82) is 0 Å². The third-order valence-electron chi connectivity index (χ3n) is 3.78. The average Bonchev–Trinajstić information content (AvgIpc) is 2.68. The Hall–Kier alpha value is -3.28. The van der Waals surface area contributed by atoms with Crippen molar-refractivity contribution >= 4 is 5.91 Å². The minimum atomic E-state index is -0.812. The van der Waals surface area contributed by atoms with Gasteiger partial charge in [-0.15, -0.1) is 0 Å². The molecule has 0 aliphatic carbocycles. The van der Waals surface area contributed by atoms with E-state index in [-0.39, 0.29) is 11.7 Å². The van der Waals surface area contributed by atoms with Gasteiger partial charge in [-0.25, -0.2) is 4.39 Å². The highest BCUT2D eigenvalue weighted by atomic mass is 19.1. The molecule has 132 valence electrons. The number of halogens is 1. The van der Waals surface area contributed by atoms with Crippen LogP contribution in [-0.2, 0) is 11.3 Å². The topological polar surface area (TPSA) is 64.1 Å². The molecular formula is C20H18FN3O2. The summed E-state index contributed by atoms with van der Waals surface area (Å²) in [4.78, 5) is 20.5. The summed E-state index contributed by atoms with van der Waals surface area (Å²) >= 11 is 0. The van der Waals surface area contributed by atoms with E-state index in [4.69, 9.17) is 4.74 Å². The molecule has 1 N–H and O–H groups in total. The molecule has 0 unspecified atom stereocenters. The van der Waals surface area contributed by atoms with E-state index in [1.165, 1.54) is 12.1 Å². The number of ether oxygens (including phenoxy) is 1. The predicted molar refractivity (Wildman–Crippen MR) is 95.8 cm³/mol. The van der Waals surface area contributed by atoms with Gasteiger partial charge >= 0.3 is 0 Å². The van der Waals surface area contributed by atoms with E-state index < -0.39 is 11.9 Å². The number of hydrogen-bond acceptors (Lipinski definition) is 4. The van der Waals surface area contributed by atoms with Gasteiger partial charge in [0.2, 0.25) is 0 Å². The van der Waals surface area contributed by atoms with E-state index in [2.05, 4.69) is 15.3 Å². The van der Waals surface area contributed by atoms with Crippen LogP contribution in [0.15, 0.2) is 67.1 Å². The van der Waals surface area contributed by atoms with E-state index in [1.807, 2.05) is 24.3 Å². The molecule has 2 heterocycles. The van der Waals surface area contributed by atoms with E-state index in [9.17, 15) is 9.18 Å². The molecule has 1 aromatic carbocycles. The monoisotopic (exact) mass is 351 g/mol. The maximum absolute atomic E-state index is 13.6. The number of rotatable bonds is 6. The number of amides is 1. The molecule has 1 amide bonds. The van der Waals surface area contributed by atoms with Gasteiger partial charge in [0.1, 0.15) is 0 Å². The molecule has 5 nitrogen and oxygen atoms in total. The molecule has 0 aliphatic heterocycles. The second kappa shape index (κ2) is 8.20. The first kappa shape index (κ1) is 17.5. The largest absolute Gasteiger partial charge is 0.478 e. The highest BCUT2D eigenvalue weighted by Crippen LogP contribution is 2.18. The van der Waals surface area contributed by atoms with Crippen LogP contribution < -0.4 is 10.1 Å². The normalized spacial score (nSPS) is 11.6. The zero-order valence-corrected chi connectivity index (χ0v) is 14.2. The maximum Gasteiger partial charge on any atom is 0.261 e. The third kappa shape index (κ3) is 4.42. The summed E-state index contributed by atoms with van der Waals surface area (Å²) in [6.45, 7) is 1.90. The molecule has 0 saturated heterocycles. The quantitative estimate of drug-likeness (QED) is 0.740. The van der Waals surface area contributed by atoms with Crippen molar-refractivity contribution in [2.75, 3.05) is 0 Å². The zero-order chi connectivity index (χ0) is 18.4. The van der Waals surface area contributed by atoms with Crippen molar-refractivity contribution in [3.05, 3.63) is 78.5 Å². The molecule has 3 rings (SSSR count). The second-order valence-electron chi connectivity index (χ2n) is 5.69. The Labute approximate surface area is 150 Å². The van der Waals surface area contributed by atoms with Gasteiger partial charge in [-0.2, -0.15) is 0 Å². The van der Waals surface area contributed by atoms with Gasteiger partial charge in [-0.05, 0) is 48.9 Å². The Bertz CT molecular complexity index is 887. The van der Waals surface area contributed by atoms with E-state index in [0.29, 0.717) is 6.54 Å². The summed E-state index contributed by atoms with van der Waals surface area (Å²) < 4.78 is 19.0. The summed E-state index contributed by atoms with van der Waals surface area (Å²) in [6, 6.07) is 13.5. The van der Waals surface area contributed by atoms with E-state index in [1.54, 1.807) is 37.6 Å². The van der Waals surface area contributed by atoms with Gasteiger partial charge in [-0.1, -0.05) is 12.1 Å². The highest BCUT2D eigenvalue weighted by molar-refractivity contribution is 5.80. The number of benzene rings is 1. The molecule has 2 aromatic heterocycles. The number of carbonyl (C=O) groups is 1. The van der Waals surface area contributed by atoms with Gasteiger partial charge < -0.3 is 10.1 Å². The molecule has 1 atom stereocenters. The predicted octanol–water partition coefficient (Wildman–Crippen LogP) is 3.37. The number of pyridine rings is 2. The number of nitrogens with one attached hydrogen (secondary N) is 1. The molecule has 3 aromatic rings.